The molecule has 0 aliphatic heterocycles. The molecule has 0 fully saturated rings. The predicted molar refractivity (Wildman–Crippen MR) is 156 cm³/mol. The van der Waals surface area contributed by atoms with Crippen molar-refractivity contribution in [1.29, 1.82) is 0 Å². The molecule has 3 aromatic carbocycles. The highest BCUT2D eigenvalue weighted by atomic mass is 35.5. The lowest BCUT2D eigenvalue weighted by Crippen LogP contribution is -2.39. The van der Waals surface area contributed by atoms with Crippen molar-refractivity contribution in [1.82, 2.24) is 4.90 Å². The number of ether oxygens (including phenoxy) is 3. The molecule has 3 rings (SSSR count). The van der Waals surface area contributed by atoms with Gasteiger partial charge in [0.15, 0.2) is 6.10 Å². The van der Waals surface area contributed by atoms with E-state index < -0.39 is 12.1 Å². The van der Waals surface area contributed by atoms with Crippen LogP contribution in [0.15, 0.2) is 72.8 Å². The van der Waals surface area contributed by atoms with Crippen molar-refractivity contribution >= 4 is 40.9 Å². The Hall–Kier alpha value is -3.30. The SMILES string of the molecule is CCOC(Cc1ccc(OCCN(CCCOCc2ccccc2)C(=O)Nc2ccc(Cl)cc2Cl)cc1)C(=O)O. The first-order chi connectivity index (χ1) is 19.4. The van der Waals surface area contributed by atoms with E-state index in [0.29, 0.717) is 60.8 Å². The van der Waals surface area contributed by atoms with Crippen LogP contribution in [-0.2, 0) is 27.3 Å². The Kier molecular flexibility index (Phi) is 13.1. The number of amides is 2. The summed E-state index contributed by atoms with van der Waals surface area (Å²) in [6.07, 6.45) is -0.000109. The average molecular weight is 590 g/mol. The van der Waals surface area contributed by atoms with Gasteiger partial charge in [-0.3, -0.25) is 0 Å². The number of benzene rings is 3. The molecule has 0 aliphatic carbocycles. The number of hydrogen-bond donors (Lipinski definition) is 2. The summed E-state index contributed by atoms with van der Waals surface area (Å²) in [5.74, 6) is -0.384. The fraction of sp³-hybridized carbons (Fsp3) is 0.333. The van der Waals surface area contributed by atoms with E-state index in [1.807, 2.05) is 30.3 Å². The molecular formula is C30H34Cl2N2O6. The number of carbonyl (C=O) groups is 2. The summed E-state index contributed by atoms with van der Waals surface area (Å²) >= 11 is 12.2. The number of nitrogens with zero attached hydrogens (tertiary/aromatic N) is 1. The van der Waals surface area contributed by atoms with Crippen LogP contribution in [0.25, 0.3) is 0 Å². The third kappa shape index (κ3) is 10.7. The number of aliphatic carboxylic acids is 1. The summed E-state index contributed by atoms with van der Waals surface area (Å²) in [6.45, 7) is 4.10. The van der Waals surface area contributed by atoms with Gasteiger partial charge < -0.3 is 29.5 Å². The minimum absolute atomic E-state index is 0.253. The number of urea groups is 1. The van der Waals surface area contributed by atoms with Crippen LogP contribution in [-0.4, -0.2) is 61.0 Å². The normalized spacial score (nSPS) is 11.6. The highest BCUT2D eigenvalue weighted by molar-refractivity contribution is 6.36. The highest BCUT2D eigenvalue weighted by Crippen LogP contribution is 2.25. The molecule has 0 spiro atoms. The molecule has 40 heavy (non-hydrogen) atoms. The Morgan fingerprint density at radius 3 is 2.38 bits per heavy atom. The maximum absolute atomic E-state index is 13.1. The molecular weight excluding hydrogens is 555 g/mol. The third-order valence-corrected chi connectivity index (χ3v) is 6.45. The molecule has 0 radical (unpaired) electrons. The predicted octanol–water partition coefficient (Wildman–Crippen LogP) is 6.55. The minimum atomic E-state index is -0.995. The number of carbonyl (C=O) groups excluding carboxylic acids is 1. The maximum Gasteiger partial charge on any atom is 0.333 e. The van der Waals surface area contributed by atoms with E-state index in [0.717, 1.165) is 11.1 Å². The van der Waals surface area contributed by atoms with Crippen LogP contribution >= 0.6 is 23.2 Å². The fourth-order valence-corrected chi connectivity index (χ4v) is 4.31. The smallest absolute Gasteiger partial charge is 0.333 e. The molecule has 0 bridgehead atoms. The van der Waals surface area contributed by atoms with Gasteiger partial charge in [0, 0.05) is 31.2 Å². The zero-order valence-electron chi connectivity index (χ0n) is 22.4. The molecule has 2 N–H and O–H groups in total. The van der Waals surface area contributed by atoms with E-state index in [9.17, 15) is 14.7 Å². The Balaban J connectivity index is 1.53. The summed E-state index contributed by atoms with van der Waals surface area (Å²) in [7, 11) is 0. The summed E-state index contributed by atoms with van der Waals surface area (Å²) in [5.41, 5.74) is 2.37. The van der Waals surface area contributed by atoms with E-state index in [1.165, 1.54) is 0 Å². The van der Waals surface area contributed by atoms with Crippen molar-refractivity contribution in [2.75, 3.05) is 38.2 Å². The second-order valence-corrected chi connectivity index (χ2v) is 9.76. The lowest BCUT2D eigenvalue weighted by atomic mass is 10.1. The van der Waals surface area contributed by atoms with E-state index in [-0.39, 0.29) is 19.1 Å². The average Bonchev–Trinajstić information content (AvgIpc) is 2.94. The van der Waals surface area contributed by atoms with Gasteiger partial charge in [-0.1, -0.05) is 65.7 Å². The van der Waals surface area contributed by atoms with Gasteiger partial charge in [0.05, 0.1) is 23.9 Å². The van der Waals surface area contributed by atoms with Gasteiger partial charge in [-0.25, -0.2) is 9.59 Å². The van der Waals surface area contributed by atoms with E-state index in [2.05, 4.69) is 5.32 Å². The molecule has 10 heteroatoms. The topological polar surface area (TPSA) is 97.3 Å². The summed E-state index contributed by atoms with van der Waals surface area (Å²) < 4.78 is 16.9. The van der Waals surface area contributed by atoms with Crippen LogP contribution in [0, 0.1) is 0 Å². The molecule has 1 unspecified atom stereocenters. The van der Waals surface area contributed by atoms with Gasteiger partial charge in [-0.15, -0.1) is 0 Å². The highest BCUT2D eigenvalue weighted by Gasteiger charge is 2.18. The second kappa shape index (κ2) is 16.7. The third-order valence-electron chi connectivity index (χ3n) is 5.91. The van der Waals surface area contributed by atoms with Gasteiger partial charge in [0.2, 0.25) is 0 Å². The van der Waals surface area contributed by atoms with Gasteiger partial charge in [-0.05, 0) is 54.8 Å². The molecule has 1 atom stereocenters. The number of nitrogens with one attached hydrogen (secondary N) is 1. The van der Waals surface area contributed by atoms with Gasteiger partial charge in [0.25, 0.3) is 0 Å². The van der Waals surface area contributed by atoms with Crippen LogP contribution in [0.3, 0.4) is 0 Å². The Labute approximate surface area is 244 Å². The van der Waals surface area contributed by atoms with Crippen LogP contribution in [0.5, 0.6) is 5.75 Å². The first-order valence-electron chi connectivity index (χ1n) is 13.0. The summed E-state index contributed by atoms with van der Waals surface area (Å²) in [4.78, 5) is 26.1. The molecule has 0 saturated heterocycles. The maximum atomic E-state index is 13.1. The number of halogens is 2. The first-order valence-corrected chi connectivity index (χ1v) is 13.8. The molecule has 2 amide bonds. The standard InChI is InChI=1S/C30H34Cl2N2O6/c1-2-39-28(29(35)36)19-22-9-12-25(13-10-22)40-18-16-34(15-6-17-38-21-23-7-4-3-5-8-23)30(37)33-27-14-11-24(31)20-26(27)32/h3-5,7-14,20,28H,2,6,15-19,21H2,1H3,(H,33,37)(H,35,36). The second-order valence-electron chi connectivity index (χ2n) is 8.91. The van der Waals surface area contributed by atoms with Crippen LogP contribution in [0.4, 0.5) is 10.5 Å². The number of carboxylic acids is 1. The molecule has 0 aliphatic rings. The van der Waals surface area contributed by atoms with E-state index in [1.54, 1.807) is 54.3 Å². The van der Waals surface area contributed by atoms with E-state index >= 15 is 0 Å². The monoisotopic (exact) mass is 588 g/mol. The summed E-state index contributed by atoms with van der Waals surface area (Å²) in [6, 6.07) is 21.6. The number of hydrogen-bond acceptors (Lipinski definition) is 5. The zero-order chi connectivity index (χ0) is 28.7. The van der Waals surface area contributed by atoms with Crippen molar-refractivity contribution < 1.29 is 28.9 Å². The molecule has 0 heterocycles. The van der Waals surface area contributed by atoms with Crippen molar-refractivity contribution in [3.63, 3.8) is 0 Å². The van der Waals surface area contributed by atoms with Gasteiger partial charge in [-0.2, -0.15) is 0 Å². The molecule has 0 aromatic heterocycles. The molecule has 3 aromatic rings. The van der Waals surface area contributed by atoms with Crippen molar-refractivity contribution in [3.8, 4) is 5.75 Å². The number of anilines is 1. The van der Waals surface area contributed by atoms with Gasteiger partial charge >= 0.3 is 12.0 Å². The Morgan fingerprint density at radius 2 is 1.70 bits per heavy atom. The van der Waals surface area contributed by atoms with Crippen LogP contribution < -0.4 is 10.1 Å². The molecule has 8 nitrogen and oxygen atoms in total. The van der Waals surface area contributed by atoms with Crippen molar-refractivity contribution in [2.24, 2.45) is 0 Å². The minimum Gasteiger partial charge on any atom is -0.492 e. The van der Waals surface area contributed by atoms with Gasteiger partial charge in [0.1, 0.15) is 12.4 Å². The lowest BCUT2D eigenvalue weighted by molar-refractivity contribution is -0.149. The van der Waals surface area contributed by atoms with E-state index in [4.69, 9.17) is 37.4 Å². The Bertz CT molecular complexity index is 1210. The van der Waals surface area contributed by atoms with Crippen molar-refractivity contribution in [2.45, 2.75) is 32.5 Å². The van der Waals surface area contributed by atoms with Crippen LogP contribution in [0.2, 0.25) is 10.0 Å². The van der Waals surface area contributed by atoms with Crippen LogP contribution in [0.1, 0.15) is 24.5 Å². The fourth-order valence-electron chi connectivity index (χ4n) is 3.85. The molecule has 0 saturated carbocycles. The zero-order valence-corrected chi connectivity index (χ0v) is 23.9. The lowest BCUT2D eigenvalue weighted by Gasteiger charge is -2.23. The summed E-state index contributed by atoms with van der Waals surface area (Å²) in [5, 5.41) is 13.0. The first kappa shape index (κ1) is 31.2. The number of rotatable bonds is 16. The largest absolute Gasteiger partial charge is 0.492 e. The van der Waals surface area contributed by atoms with Crippen molar-refractivity contribution in [3.05, 3.63) is 94.0 Å². The number of carboxylic acid groups (broad SMARTS) is 1. The quantitative estimate of drug-likeness (QED) is 0.184. The Morgan fingerprint density at radius 1 is 0.950 bits per heavy atom. The molecule has 214 valence electrons.